The molecule has 13 heavy (non-hydrogen) atoms. The summed E-state index contributed by atoms with van der Waals surface area (Å²) in [4.78, 5) is 0. The lowest BCUT2D eigenvalue weighted by atomic mass is 10.2. The third-order valence-electron chi connectivity index (χ3n) is 1.49. The first-order valence-corrected chi connectivity index (χ1v) is 4.50. The molecule has 0 unspecified atom stereocenters. The van der Waals surface area contributed by atoms with E-state index in [0.717, 1.165) is 11.3 Å². The van der Waals surface area contributed by atoms with Crippen LogP contribution < -0.4 is 4.74 Å². The molecule has 0 aliphatic heterocycles. The SMILES string of the molecule is C=[C]c1cc(Cl)ccc1OC(C)C. The molecule has 0 saturated heterocycles. The van der Waals surface area contributed by atoms with Crippen LogP contribution in [0.15, 0.2) is 24.8 Å². The van der Waals surface area contributed by atoms with E-state index >= 15 is 0 Å². The van der Waals surface area contributed by atoms with E-state index in [2.05, 4.69) is 12.7 Å². The number of rotatable bonds is 3. The summed E-state index contributed by atoms with van der Waals surface area (Å²) in [5.41, 5.74) is 0.807. The van der Waals surface area contributed by atoms with Gasteiger partial charge in [0, 0.05) is 10.6 Å². The topological polar surface area (TPSA) is 9.23 Å². The molecular weight excluding hydrogens is 184 g/mol. The van der Waals surface area contributed by atoms with Gasteiger partial charge in [0.25, 0.3) is 0 Å². The second kappa shape index (κ2) is 4.33. The largest absolute Gasteiger partial charge is 0.490 e. The second-order valence-electron chi connectivity index (χ2n) is 2.98. The molecule has 1 nitrogen and oxygen atoms in total. The number of hydrogen-bond donors (Lipinski definition) is 0. The Morgan fingerprint density at radius 3 is 2.69 bits per heavy atom. The van der Waals surface area contributed by atoms with Crippen LogP contribution in [0.2, 0.25) is 5.02 Å². The normalized spacial score (nSPS) is 10.2. The van der Waals surface area contributed by atoms with Crippen molar-refractivity contribution in [1.82, 2.24) is 0 Å². The van der Waals surface area contributed by atoms with Crippen LogP contribution in [0.5, 0.6) is 5.75 Å². The maximum absolute atomic E-state index is 5.81. The number of ether oxygens (including phenoxy) is 1. The molecule has 2 heteroatoms. The lowest BCUT2D eigenvalue weighted by molar-refractivity contribution is 0.241. The quantitative estimate of drug-likeness (QED) is 0.718. The minimum Gasteiger partial charge on any atom is -0.490 e. The Labute approximate surface area is 84.0 Å². The predicted octanol–water partition coefficient (Wildman–Crippen LogP) is 3.46. The fraction of sp³-hybridized carbons (Fsp3) is 0.273. The predicted molar refractivity (Wildman–Crippen MR) is 55.2 cm³/mol. The van der Waals surface area contributed by atoms with E-state index < -0.39 is 0 Å². The molecule has 0 aliphatic carbocycles. The van der Waals surface area contributed by atoms with Gasteiger partial charge >= 0.3 is 0 Å². The van der Waals surface area contributed by atoms with E-state index in [4.69, 9.17) is 16.3 Å². The van der Waals surface area contributed by atoms with Gasteiger partial charge in [-0.15, -0.1) is 0 Å². The highest BCUT2D eigenvalue weighted by Gasteiger charge is 2.03. The van der Waals surface area contributed by atoms with Crippen molar-refractivity contribution in [2.24, 2.45) is 0 Å². The monoisotopic (exact) mass is 195 g/mol. The molecule has 1 aromatic carbocycles. The van der Waals surface area contributed by atoms with Crippen molar-refractivity contribution in [1.29, 1.82) is 0 Å². The first kappa shape index (κ1) is 10.1. The van der Waals surface area contributed by atoms with Gasteiger partial charge in [-0.05, 0) is 38.1 Å². The van der Waals surface area contributed by atoms with Crippen molar-refractivity contribution < 1.29 is 4.74 Å². The molecule has 69 valence electrons. The fourth-order valence-corrected chi connectivity index (χ4v) is 1.17. The summed E-state index contributed by atoms with van der Waals surface area (Å²) < 4.78 is 5.53. The molecule has 0 amide bonds. The van der Waals surface area contributed by atoms with Crippen molar-refractivity contribution in [2.45, 2.75) is 20.0 Å². The third-order valence-corrected chi connectivity index (χ3v) is 1.73. The third kappa shape index (κ3) is 2.78. The van der Waals surface area contributed by atoms with E-state index in [1.807, 2.05) is 19.9 Å². The lowest BCUT2D eigenvalue weighted by Crippen LogP contribution is -2.06. The molecule has 1 rings (SSSR count). The molecule has 0 aromatic heterocycles. The van der Waals surface area contributed by atoms with E-state index in [9.17, 15) is 0 Å². The standard InChI is InChI=1S/C11H12ClO/c1-4-9-7-10(12)5-6-11(9)13-8(2)3/h5-8H,1H2,2-3H3. The highest BCUT2D eigenvalue weighted by Crippen LogP contribution is 2.23. The minimum atomic E-state index is 0.147. The van der Waals surface area contributed by atoms with Gasteiger partial charge in [-0.3, -0.25) is 0 Å². The highest BCUT2D eigenvalue weighted by molar-refractivity contribution is 6.30. The zero-order valence-corrected chi connectivity index (χ0v) is 8.56. The van der Waals surface area contributed by atoms with E-state index in [-0.39, 0.29) is 6.10 Å². The molecule has 0 atom stereocenters. The summed E-state index contributed by atoms with van der Waals surface area (Å²) in [5, 5.41) is 0.669. The Bertz CT molecular complexity index is 305. The number of hydrogen-bond acceptors (Lipinski definition) is 1. The smallest absolute Gasteiger partial charge is 0.127 e. The molecule has 0 saturated carbocycles. The van der Waals surface area contributed by atoms with Gasteiger partial charge in [0.05, 0.1) is 6.10 Å². The lowest BCUT2D eigenvalue weighted by Gasteiger charge is -2.11. The molecule has 1 radical (unpaired) electrons. The molecule has 0 spiro atoms. The van der Waals surface area contributed by atoms with E-state index in [1.165, 1.54) is 0 Å². The first-order chi connectivity index (χ1) is 6.13. The number of halogens is 1. The van der Waals surface area contributed by atoms with Crippen molar-refractivity contribution in [3.8, 4) is 5.75 Å². The average Bonchev–Trinajstić information content (AvgIpc) is 2.07. The van der Waals surface area contributed by atoms with Gasteiger partial charge in [0.2, 0.25) is 0 Å². The first-order valence-electron chi connectivity index (χ1n) is 4.13. The summed E-state index contributed by atoms with van der Waals surface area (Å²) in [6.45, 7) is 7.52. The molecule has 0 fully saturated rings. The second-order valence-corrected chi connectivity index (χ2v) is 3.42. The van der Waals surface area contributed by atoms with Gasteiger partial charge in [-0.2, -0.15) is 0 Å². The van der Waals surface area contributed by atoms with Crippen molar-refractivity contribution in [3.63, 3.8) is 0 Å². The Hall–Kier alpha value is -0.950. The van der Waals surface area contributed by atoms with Crippen LogP contribution in [0.4, 0.5) is 0 Å². The van der Waals surface area contributed by atoms with Crippen molar-refractivity contribution in [2.75, 3.05) is 0 Å². The summed E-state index contributed by atoms with van der Waals surface area (Å²) in [6.07, 6.45) is 2.93. The molecule has 0 bridgehead atoms. The summed E-state index contributed by atoms with van der Waals surface area (Å²) in [5.74, 6) is 0.773. The van der Waals surface area contributed by atoms with Crippen LogP contribution in [0.3, 0.4) is 0 Å². The Balaban J connectivity index is 2.99. The molecule has 0 heterocycles. The van der Waals surface area contributed by atoms with Crippen LogP contribution >= 0.6 is 11.6 Å². The Morgan fingerprint density at radius 2 is 2.15 bits per heavy atom. The maximum atomic E-state index is 5.81. The molecule has 0 aliphatic rings. The van der Waals surface area contributed by atoms with Crippen LogP contribution in [0, 0.1) is 6.08 Å². The molecular formula is C11H12ClO. The molecule has 0 N–H and O–H groups in total. The van der Waals surface area contributed by atoms with Gasteiger partial charge in [-0.25, -0.2) is 0 Å². The van der Waals surface area contributed by atoms with Crippen molar-refractivity contribution >= 4 is 11.6 Å². The zero-order chi connectivity index (χ0) is 9.84. The average molecular weight is 196 g/mol. The highest BCUT2D eigenvalue weighted by atomic mass is 35.5. The van der Waals surface area contributed by atoms with Crippen LogP contribution in [0.1, 0.15) is 19.4 Å². The maximum Gasteiger partial charge on any atom is 0.127 e. The summed E-state index contributed by atoms with van der Waals surface area (Å²) >= 11 is 5.81. The Morgan fingerprint density at radius 1 is 1.46 bits per heavy atom. The van der Waals surface area contributed by atoms with Crippen molar-refractivity contribution in [3.05, 3.63) is 41.4 Å². The van der Waals surface area contributed by atoms with Crippen LogP contribution in [-0.2, 0) is 0 Å². The fourth-order valence-electron chi connectivity index (χ4n) is 0.997. The van der Waals surface area contributed by atoms with Gasteiger partial charge in [0.1, 0.15) is 5.75 Å². The minimum absolute atomic E-state index is 0.147. The van der Waals surface area contributed by atoms with E-state index in [1.54, 1.807) is 12.1 Å². The van der Waals surface area contributed by atoms with Gasteiger partial charge < -0.3 is 4.74 Å². The van der Waals surface area contributed by atoms with Crippen LogP contribution in [0.25, 0.3) is 0 Å². The number of benzene rings is 1. The van der Waals surface area contributed by atoms with Gasteiger partial charge in [0.15, 0.2) is 0 Å². The summed E-state index contributed by atoms with van der Waals surface area (Å²) in [6, 6.07) is 5.40. The van der Waals surface area contributed by atoms with Crippen LogP contribution in [-0.4, -0.2) is 6.10 Å². The summed E-state index contributed by atoms with van der Waals surface area (Å²) in [7, 11) is 0. The Kier molecular flexibility index (Phi) is 3.38. The van der Waals surface area contributed by atoms with E-state index in [0.29, 0.717) is 5.02 Å². The van der Waals surface area contributed by atoms with Gasteiger partial charge in [-0.1, -0.05) is 18.2 Å². The molecule has 1 aromatic rings. The zero-order valence-electron chi connectivity index (χ0n) is 7.80.